The summed E-state index contributed by atoms with van der Waals surface area (Å²) in [5.41, 5.74) is 0.902. The van der Waals surface area contributed by atoms with E-state index in [1.165, 1.54) is 6.42 Å². The summed E-state index contributed by atoms with van der Waals surface area (Å²) in [6, 6.07) is 7.68. The van der Waals surface area contributed by atoms with Crippen LogP contribution in [0.1, 0.15) is 26.2 Å². The van der Waals surface area contributed by atoms with E-state index in [1.807, 2.05) is 36.1 Å². The second-order valence-electron chi connectivity index (χ2n) is 5.37. The van der Waals surface area contributed by atoms with E-state index in [9.17, 15) is 4.79 Å². The smallest absolute Gasteiger partial charge is 0.241 e. The molecule has 1 saturated heterocycles. The minimum Gasteiger partial charge on any atom is -0.491 e. The van der Waals surface area contributed by atoms with Crippen molar-refractivity contribution in [3.63, 3.8) is 0 Å². The number of amides is 1. The number of carbonyl (C=O) groups is 1. The quantitative estimate of drug-likeness (QED) is 0.750. The third-order valence-corrected chi connectivity index (χ3v) is 3.69. The summed E-state index contributed by atoms with van der Waals surface area (Å²) < 4.78 is 10.9. The zero-order valence-electron chi connectivity index (χ0n) is 13.3. The highest BCUT2D eigenvalue weighted by Crippen LogP contribution is 2.17. The summed E-state index contributed by atoms with van der Waals surface area (Å²) >= 11 is 0. The van der Waals surface area contributed by atoms with Crippen molar-refractivity contribution in [2.45, 2.75) is 26.2 Å². The molecule has 1 aromatic carbocycles. The third kappa shape index (κ3) is 5.56. The van der Waals surface area contributed by atoms with E-state index >= 15 is 0 Å². The van der Waals surface area contributed by atoms with Crippen LogP contribution in [0.5, 0.6) is 5.75 Å². The zero-order chi connectivity index (χ0) is 15.6. The standard InChI is InChI=1S/C17H26N2O3/c1-2-21-11-12-22-16-8-6-7-15(13-16)18-14-17(20)19-9-4-3-5-10-19/h6-8,13,18H,2-5,9-12,14H2,1H3. The van der Waals surface area contributed by atoms with E-state index in [2.05, 4.69) is 5.32 Å². The number of benzene rings is 1. The van der Waals surface area contributed by atoms with Crippen molar-refractivity contribution < 1.29 is 14.3 Å². The van der Waals surface area contributed by atoms with Crippen LogP contribution < -0.4 is 10.1 Å². The Bertz CT molecular complexity index is 459. The predicted molar refractivity (Wildman–Crippen MR) is 87.4 cm³/mol. The van der Waals surface area contributed by atoms with Gasteiger partial charge in [0.25, 0.3) is 0 Å². The maximum absolute atomic E-state index is 12.1. The van der Waals surface area contributed by atoms with Gasteiger partial charge in [-0.05, 0) is 38.3 Å². The number of ether oxygens (including phenoxy) is 2. The number of hydrogen-bond acceptors (Lipinski definition) is 4. The van der Waals surface area contributed by atoms with Crippen molar-refractivity contribution in [3.05, 3.63) is 24.3 Å². The summed E-state index contributed by atoms with van der Waals surface area (Å²) in [7, 11) is 0. The van der Waals surface area contributed by atoms with Gasteiger partial charge in [-0.2, -0.15) is 0 Å². The van der Waals surface area contributed by atoms with E-state index in [-0.39, 0.29) is 5.91 Å². The van der Waals surface area contributed by atoms with E-state index in [4.69, 9.17) is 9.47 Å². The molecule has 0 spiro atoms. The Morgan fingerprint density at radius 3 is 2.82 bits per heavy atom. The molecule has 122 valence electrons. The number of nitrogens with zero attached hydrogens (tertiary/aromatic N) is 1. The average Bonchev–Trinajstić information content (AvgIpc) is 2.58. The molecule has 1 amide bonds. The zero-order valence-corrected chi connectivity index (χ0v) is 13.3. The van der Waals surface area contributed by atoms with Gasteiger partial charge in [0.15, 0.2) is 0 Å². The summed E-state index contributed by atoms with van der Waals surface area (Å²) in [5.74, 6) is 0.956. The number of anilines is 1. The van der Waals surface area contributed by atoms with Crippen LogP contribution in [-0.4, -0.2) is 50.3 Å². The van der Waals surface area contributed by atoms with Crippen LogP contribution in [0.2, 0.25) is 0 Å². The van der Waals surface area contributed by atoms with Gasteiger partial charge < -0.3 is 19.7 Å². The fraction of sp³-hybridized carbons (Fsp3) is 0.588. The van der Waals surface area contributed by atoms with E-state index in [0.29, 0.717) is 26.4 Å². The first-order chi connectivity index (χ1) is 10.8. The van der Waals surface area contributed by atoms with Gasteiger partial charge in [-0.25, -0.2) is 0 Å². The molecule has 0 unspecified atom stereocenters. The highest BCUT2D eigenvalue weighted by molar-refractivity contribution is 5.81. The summed E-state index contributed by atoms with van der Waals surface area (Å²) in [6.07, 6.45) is 3.47. The molecule has 1 heterocycles. The monoisotopic (exact) mass is 306 g/mol. The Kier molecular flexibility index (Phi) is 7.03. The fourth-order valence-corrected chi connectivity index (χ4v) is 2.49. The number of nitrogens with one attached hydrogen (secondary N) is 1. The molecule has 0 radical (unpaired) electrons. The first-order valence-corrected chi connectivity index (χ1v) is 8.12. The number of piperidine rings is 1. The molecule has 1 aliphatic rings. The van der Waals surface area contributed by atoms with Crippen LogP contribution in [0.3, 0.4) is 0 Å². The van der Waals surface area contributed by atoms with Crippen LogP contribution in [0.15, 0.2) is 24.3 Å². The third-order valence-electron chi connectivity index (χ3n) is 3.69. The van der Waals surface area contributed by atoms with Crippen LogP contribution >= 0.6 is 0 Å². The molecule has 5 heteroatoms. The largest absolute Gasteiger partial charge is 0.491 e. The van der Waals surface area contributed by atoms with E-state index < -0.39 is 0 Å². The summed E-state index contributed by atoms with van der Waals surface area (Å²) in [5, 5.41) is 3.18. The van der Waals surface area contributed by atoms with Crippen LogP contribution in [0.4, 0.5) is 5.69 Å². The molecule has 1 N–H and O–H groups in total. The Balaban J connectivity index is 1.76. The lowest BCUT2D eigenvalue weighted by molar-refractivity contribution is -0.130. The topological polar surface area (TPSA) is 50.8 Å². The molecule has 0 aromatic heterocycles. The van der Waals surface area contributed by atoms with Crippen molar-refractivity contribution in [2.75, 3.05) is 44.8 Å². The second-order valence-corrected chi connectivity index (χ2v) is 5.37. The number of hydrogen-bond donors (Lipinski definition) is 1. The molecular weight excluding hydrogens is 280 g/mol. The first-order valence-electron chi connectivity index (χ1n) is 8.12. The molecule has 5 nitrogen and oxygen atoms in total. The lowest BCUT2D eigenvalue weighted by Gasteiger charge is -2.26. The van der Waals surface area contributed by atoms with Gasteiger partial charge in [0.05, 0.1) is 13.2 Å². The fourth-order valence-electron chi connectivity index (χ4n) is 2.49. The number of rotatable bonds is 8. The highest BCUT2D eigenvalue weighted by atomic mass is 16.5. The SMILES string of the molecule is CCOCCOc1cccc(NCC(=O)N2CCCCC2)c1. The van der Waals surface area contributed by atoms with Crippen LogP contribution in [-0.2, 0) is 9.53 Å². The molecule has 1 aromatic rings. The molecule has 0 saturated carbocycles. The maximum Gasteiger partial charge on any atom is 0.241 e. The number of likely N-dealkylation sites (tertiary alicyclic amines) is 1. The van der Waals surface area contributed by atoms with Gasteiger partial charge in [0, 0.05) is 31.5 Å². The van der Waals surface area contributed by atoms with Crippen molar-refractivity contribution in [1.82, 2.24) is 4.90 Å². The van der Waals surface area contributed by atoms with Crippen molar-refractivity contribution in [2.24, 2.45) is 0 Å². The van der Waals surface area contributed by atoms with Crippen molar-refractivity contribution in [3.8, 4) is 5.75 Å². The summed E-state index contributed by atoms with van der Waals surface area (Å²) in [6.45, 7) is 5.89. The van der Waals surface area contributed by atoms with E-state index in [0.717, 1.165) is 37.4 Å². The van der Waals surface area contributed by atoms with E-state index in [1.54, 1.807) is 0 Å². The second kappa shape index (κ2) is 9.30. The maximum atomic E-state index is 12.1. The Morgan fingerprint density at radius 1 is 1.23 bits per heavy atom. The number of carbonyl (C=O) groups excluding carboxylic acids is 1. The van der Waals surface area contributed by atoms with Crippen molar-refractivity contribution >= 4 is 11.6 Å². The van der Waals surface area contributed by atoms with Gasteiger partial charge in [-0.1, -0.05) is 6.07 Å². The Labute approximate surface area is 132 Å². The molecule has 0 aliphatic carbocycles. The molecule has 0 bridgehead atoms. The van der Waals surface area contributed by atoms with Gasteiger partial charge >= 0.3 is 0 Å². The van der Waals surface area contributed by atoms with Crippen LogP contribution in [0.25, 0.3) is 0 Å². The molecular formula is C17H26N2O3. The van der Waals surface area contributed by atoms with Crippen LogP contribution in [0, 0.1) is 0 Å². The van der Waals surface area contributed by atoms with Gasteiger partial charge in [0.1, 0.15) is 12.4 Å². The lowest BCUT2D eigenvalue weighted by atomic mass is 10.1. The molecule has 1 aliphatic heterocycles. The molecule has 1 fully saturated rings. The average molecular weight is 306 g/mol. The molecule has 22 heavy (non-hydrogen) atoms. The highest BCUT2D eigenvalue weighted by Gasteiger charge is 2.15. The first kappa shape index (κ1) is 16.6. The summed E-state index contributed by atoms with van der Waals surface area (Å²) in [4.78, 5) is 14.1. The minimum absolute atomic E-state index is 0.169. The normalized spacial score (nSPS) is 14.7. The Morgan fingerprint density at radius 2 is 2.05 bits per heavy atom. The predicted octanol–water partition coefficient (Wildman–Crippen LogP) is 2.53. The van der Waals surface area contributed by atoms with Gasteiger partial charge in [-0.3, -0.25) is 4.79 Å². The Hall–Kier alpha value is -1.75. The lowest BCUT2D eigenvalue weighted by Crippen LogP contribution is -2.39. The molecule has 0 atom stereocenters. The van der Waals surface area contributed by atoms with Crippen molar-refractivity contribution in [1.29, 1.82) is 0 Å². The molecule has 2 rings (SSSR count). The van der Waals surface area contributed by atoms with Gasteiger partial charge in [0.2, 0.25) is 5.91 Å². The van der Waals surface area contributed by atoms with Gasteiger partial charge in [-0.15, -0.1) is 0 Å². The minimum atomic E-state index is 0.169.